The predicted octanol–water partition coefficient (Wildman–Crippen LogP) is 4.90. The van der Waals surface area contributed by atoms with Gasteiger partial charge in [0.15, 0.2) is 5.69 Å². The molecule has 0 radical (unpaired) electrons. The monoisotopic (exact) mass is 469 g/mol. The van der Waals surface area contributed by atoms with Crippen LogP contribution in [-0.2, 0) is 6.54 Å². The summed E-state index contributed by atoms with van der Waals surface area (Å²) in [5, 5.41) is 5.18. The van der Waals surface area contributed by atoms with Gasteiger partial charge in [-0.25, -0.2) is 4.68 Å². The van der Waals surface area contributed by atoms with Crippen molar-refractivity contribution in [2.24, 2.45) is 5.73 Å². The Labute approximate surface area is 200 Å². The molecule has 2 aromatic carbocycles. The van der Waals surface area contributed by atoms with Crippen LogP contribution in [0.3, 0.4) is 0 Å². The van der Waals surface area contributed by atoms with Gasteiger partial charge in [-0.1, -0.05) is 25.4 Å². The van der Waals surface area contributed by atoms with E-state index in [0.717, 1.165) is 41.5 Å². The maximum atomic E-state index is 13.0. The SMILES string of the molecule is CC.CN.COc1cc(N2Cc3cn(-c4ccc(Cl)cc4)nc3C2=O)ccc1N1CCCC1. The summed E-state index contributed by atoms with van der Waals surface area (Å²) in [5.41, 5.74) is 8.69. The van der Waals surface area contributed by atoms with Gasteiger partial charge in [0.25, 0.3) is 5.91 Å². The van der Waals surface area contributed by atoms with Gasteiger partial charge in [0, 0.05) is 41.6 Å². The molecule has 0 bridgehead atoms. The molecule has 8 heteroatoms. The molecule has 0 unspecified atom stereocenters. The van der Waals surface area contributed by atoms with Gasteiger partial charge in [-0.3, -0.25) is 4.79 Å². The van der Waals surface area contributed by atoms with E-state index >= 15 is 0 Å². The van der Waals surface area contributed by atoms with E-state index < -0.39 is 0 Å². The molecular weight excluding hydrogens is 438 g/mol. The summed E-state index contributed by atoms with van der Waals surface area (Å²) in [6, 6.07) is 13.4. The Kier molecular flexibility index (Phi) is 8.36. The minimum atomic E-state index is -0.0938. The Morgan fingerprint density at radius 1 is 1.00 bits per heavy atom. The van der Waals surface area contributed by atoms with Gasteiger partial charge in [0.05, 0.1) is 25.0 Å². The van der Waals surface area contributed by atoms with Crippen molar-refractivity contribution in [3.8, 4) is 11.4 Å². The van der Waals surface area contributed by atoms with E-state index in [2.05, 4.69) is 21.8 Å². The number of anilines is 2. The molecule has 3 heterocycles. The van der Waals surface area contributed by atoms with E-state index in [9.17, 15) is 4.79 Å². The third kappa shape index (κ3) is 4.99. The Balaban J connectivity index is 0.000000728. The molecule has 2 N–H and O–H groups in total. The summed E-state index contributed by atoms with van der Waals surface area (Å²) in [5.74, 6) is 0.705. The zero-order valence-corrected chi connectivity index (χ0v) is 20.5. The molecule has 176 valence electrons. The van der Waals surface area contributed by atoms with E-state index in [1.807, 2.05) is 56.4 Å². The largest absolute Gasteiger partial charge is 0.495 e. The van der Waals surface area contributed by atoms with Crippen LogP contribution in [0.15, 0.2) is 48.7 Å². The highest BCUT2D eigenvalue weighted by Gasteiger charge is 2.33. The molecule has 2 aliphatic heterocycles. The highest BCUT2D eigenvalue weighted by Crippen LogP contribution is 2.37. The number of carbonyl (C=O) groups is 1. The first-order valence-corrected chi connectivity index (χ1v) is 11.7. The maximum absolute atomic E-state index is 13.0. The van der Waals surface area contributed by atoms with E-state index in [-0.39, 0.29) is 5.91 Å². The molecule has 1 saturated heterocycles. The van der Waals surface area contributed by atoms with Crippen molar-refractivity contribution in [1.29, 1.82) is 0 Å². The van der Waals surface area contributed by atoms with Crippen molar-refractivity contribution < 1.29 is 9.53 Å². The highest BCUT2D eigenvalue weighted by molar-refractivity contribution is 6.30. The second-order valence-electron chi connectivity index (χ2n) is 7.37. The number of carbonyl (C=O) groups excluding carboxylic acids is 1. The quantitative estimate of drug-likeness (QED) is 0.588. The molecule has 1 amide bonds. The average Bonchev–Trinajstić information content (AvgIpc) is 3.60. The zero-order valence-electron chi connectivity index (χ0n) is 19.7. The lowest BCUT2D eigenvalue weighted by Gasteiger charge is -2.23. The van der Waals surface area contributed by atoms with Crippen LogP contribution in [0.5, 0.6) is 5.75 Å². The number of hydrogen-bond acceptors (Lipinski definition) is 5. The Morgan fingerprint density at radius 3 is 2.24 bits per heavy atom. The van der Waals surface area contributed by atoms with Gasteiger partial charge in [-0.05, 0) is 56.3 Å². The number of fused-ring (bicyclic) bond motifs is 1. The Hall–Kier alpha value is -3.03. The van der Waals surface area contributed by atoms with Crippen LogP contribution in [0.4, 0.5) is 11.4 Å². The van der Waals surface area contributed by atoms with Crippen LogP contribution in [0.25, 0.3) is 5.69 Å². The molecule has 0 saturated carbocycles. The first kappa shape index (κ1) is 24.6. The molecule has 1 fully saturated rings. The Morgan fingerprint density at radius 2 is 1.64 bits per heavy atom. The first-order chi connectivity index (χ1) is 16.1. The van der Waals surface area contributed by atoms with Crippen LogP contribution in [0.1, 0.15) is 42.7 Å². The smallest absolute Gasteiger partial charge is 0.279 e. The van der Waals surface area contributed by atoms with Crippen molar-refractivity contribution in [2.45, 2.75) is 33.2 Å². The van der Waals surface area contributed by atoms with Crippen molar-refractivity contribution in [3.05, 3.63) is 64.9 Å². The summed E-state index contributed by atoms with van der Waals surface area (Å²) in [4.78, 5) is 17.1. The fourth-order valence-corrected chi connectivity index (χ4v) is 4.19. The Bertz CT molecular complexity index is 1070. The van der Waals surface area contributed by atoms with Crippen LogP contribution in [0.2, 0.25) is 5.02 Å². The number of rotatable bonds is 4. The van der Waals surface area contributed by atoms with Gasteiger partial charge < -0.3 is 20.3 Å². The van der Waals surface area contributed by atoms with Gasteiger partial charge >= 0.3 is 0 Å². The molecule has 2 aliphatic rings. The number of nitrogens with zero attached hydrogens (tertiary/aromatic N) is 4. The molecule has 3 aromatic rings. The third-order valence-corrected chi connectivity index (χ3v) is 5.83. The van der Waals surface area contributed by atoms with Gasteiger partial charge in [0.2, 0.25) is 0 Å². The molecular formula is C25H32ClN5O2. The second-order valence-corrected chi connectivity index (χ2v) is 7.80. The van der Waals surface area contributed by atoms with Crippen LogP contribution < -0.4 is 20.3 Å². The summed E-state index contributed by atoms with van der Waals surface area (Å²) >= 11 is 5.96. The van der Waals surface area contributed by atoms with Gasteiger partial charge in [0.1, 0.15) is 5.75 Å². The number of nitrogens with two attached hydrogens (primary N) is 1. The average molecular weight is 470 g/mol. The number of halogens is 1. The highest BCUT2D eigenvalue weighted by atomic mass is 35.5. The van der Waals surface area contributed by atoms with Crippen molar-refractivity contribution in [3.63, 3.8) is 0 Å². The first-order valence-electron chi connectivity index (χ1n) is 11.3. The number of ether oxygens (including phenoxy) is 1. The minimum absolute atomic E-state index is 0.0938. The minimum Gasteiger partial charge on any atom is -0.495 e. The lowest BCUT2D eigenvalue weighted by molar-refractivity contribution is 0.0991. The fraction of sp³-hybridized carbons (Fsp3) is 0.360. The van der Waals surface area contributed by atoms with Gasteiger partial charge in [-0.15, -0.1) is 0 Å². The normalized spacial score (nSPS) is 14.3. The lowest BCUT2D eigenvalue weighted by atomic mass is 10.2. The molecule has 0 aliphatic carbocycles. The molecule has 5 rings (SSSR count). The molecule has 0 spiro atoms. The molecule has 33 heavy (non-hydrogen) atoms. The maximum Gasteiger partial charge on any atom is 0.279 e. The number of hydrogen-bond donors (Lipinski definition) is 1. The lowest BCUT2D eigenvalue weighted by Crippen LogP contribution is -2.25. The van der Waals surface area contributed by atoms with E-state index in [0.29, 0.717) is 17.3 Å². The summed E-state index contributed by atoms with van der Waals surface area (Å²) in [6.45, 7) is 6.58. The predicted molar refractivity (Wildman–Crippen MR) is 135 cm³/mol. The van der Waals surface area contributed by atoms with Crippen LogP contribution in [-0.4, -0.2) is 42.9 Å². The zero-order chi connectivity index (χ0) is 24.0. The molecule has 7 nitrogen and oxygen atoms in total. The summed E-state index contributed by atoms with van der Waals surface area (Å²) in [7, 11) is 3.18. The number of amides is 1. The molecule has 1 aromatic heterocycles. The van der Waals surface area contributed by atoms with Crippen molar-refractivity contribution in [2.75, 3.05) is 37.0 Å². The topological polar surface area (TPSA) is 76.6 Å². The fourth-order valence-electron chi connectivity index (χ4n) is 4.06. The van der Waals surface area contributed by atoms with Crippen molar-refractivity contribution in [1.82, 2.24) is 9.78 Å². The van der Waals surface area contributed by atoms with Crippen LogP contribution >= 0.6 is 11.6 Å². The number of aromatic nitrogens is 2. The summed E-state index contributed by atoms with van der Waals surface area (Å²) < 4.78 is 7.36. The van der Waals surface area contributed by atoms with E-state index in [4.69, 9.17) is 16.3 Å². The van der Waals surface area contributed by atoms with Crippen molar-refractivity contribution >= 4 is 28.9 Å². The number of methoxy groups -OCH3 is 1. The third-order valence-electron chi connectivity index (χ3n) is 5.58. The molecule has 0 atom stereocenters. The standard InChI is InChI=1S/C22H21ClN4O2.C2H6.CH5N/c1-29-20-12-18(8-9-19(20)25-10-2-3-11-25)26-13-15-14-27(24-21(15)22(26)28)17-6-4-16(23)5-7-17;2*1-2/h4-9,12,14H,2-3,10-11,13H2,1H3;1-2H3;2H2,1H3. The second kappa shape index (κ2) is 11.2. The van der Waals surface area contributed by atoms with E-state index in [1.165, 1.54) is 19.9 Å². The number of benzene rings is 2. The van der Waals surface area contributed by atoms with E-state index in [1.54, 1.807) is 16.7 Å². The summed E-state index contributed by atoms with van der Waals surface area (Å²) in [6.07, 6.45) is 4.31. The van der Waals surface area contributed by atoms with Crippen LogP contribution in [0, 0.1) is 0 Å². The van der Waals surface area contributed by atoms with Gasteiger partial charge in [-0.2, -0.15) is 5.10 Å².